The van der Waals surface area contributed by atoms with Crippen LogP contribution in [0.25, 0.3) is 0 Å². The summed E-state index contributed by atoms with van der Waals surface area (Å²) in [5, 5.41) is 0. The molecule has 3 heterocycles. The van der Waals surface area contributed by atoms with Crippen LogP contribution in [0.1, 0.15) is 35.9 Å². The van der Waals surface area contributed by atoms with Crippen molar-refractivity contribution in [2.45, 2.75) is 38.8 Å². The van der Waals surface area contributed by atoms with Gasteiger partial charge in [-0.3, -0.25) is 9.69 Å². The third-order valence-electron chi connectivity index (χ3n) is 4.65. The van der Waals surface area contributed by atoms with E-state index in [1.807, 2.05) is 30.0 Å². The number of hydrogen-bond acceptors (Lipinski definition) is 4. The largest absolute Gasteiger partial charge is 0.376 e. The molecule has 0 aromatic carbocycles. The first-order valence-electron chi connectivity index (χ1n) is 8.22. The molecule has 2 aliphatic rings. The van der Waals surface area contributed by atoms with Gasteiger partial charge in [-0.25, -0.2) is 4.98 Å². The van der Waals surface area contributed by atoms with Crippen molar-refractivity contribution in [1.82, 2.24) is 14.8 Å². The van der Waals surface area contributed by atoms with Crippen molar-refractivity contribution in [3.05, 3.63) is 29.6 Å². The minimum absolute atomic E-state index is 0.0671. The zero-order valence-electron chi connectivity index (χ0n) is 13.5. The maximum Gasteiger partial charge on any atom is 0.272 e. The lowest BCUT2D eigenvalue weighted by molar-refractivity contribution is -0.0424. The lowest BCUT2D eigenvalue weighted by Crippen LogP contribution is -2.51. The van der Waals surface area contributed by atoms with Gasteiger partial charge in [0.2, 0.25) is 0 Å². The van der Waals surface area contributed by atoms with Gasteiger partial charge >= 0.3 is 0 Å². The normalized spacial score (nSPS) is 24.5. The van der Waals surface area contributed by atoms with Gasteiger partial charge in [-0.05, 0) is 38.8 Å². The molecular weight excluding hydrogens is 278 g/mol. The molecule has 1 aromatic rings. The standard InChI is InChI=1S/C17H25N3O2/c1-13-4-3-5-16(18-13)17(21)19-8-6-15(7-9-19)20-10-11-22-14(2)12-20/h3-5,14-15H,6-12H2,1-2H3/t14-/m1/s1. The van der Waals surface area contributed by atoms with Crippen LogP contribution in [-0.4, -0.2) is 65.6 Å². The van der Waals surface area contributed by atoms with E-state index in [2.05, 4.69) is 16.8 Å². The molecule has 120 valence electrons. The van der Waals surface area contributed by atoms with Crippen LogP contribution in [-0.2, 0) is 4.74 Å². The minimum Gasteiger partial charge on any atom is -0.376 e. The highest BCUT2D eigenvalue weighted by Gasteiger charge is 2.30. The van der Waals surface area contributed by atoms with E-state index in [1.54, 1.807) is 0 Å². The first-order valence-corrected chi connectivity index (χ1v) is 8.22. The van der Waals surface area contributed by atoms with Gasteiger partial charge in [0.25, 0.3) is 5.91 Å². The van der Waals surface area contributed by atoms with Crippen molar-refractivity contribution in [2.75, 3.05) is 32.8 Å². The maximum atomic E-state index is 12.5. The SMILES string of the molecule is Cc1cccc(C(=O)N2CCC(N3CCO[C@H](C)C3)CC2)n1. The average molecular weight is 303 g/mol. The Kier molecular flexibility index (Phi) is 4.74. The summed E-state index contributed by atoms with van der Waals surface area (Å²) in [7, 11) is 0. The van der Waals surface area contributed by atoms with E-state index in [0.29, 0.717) is 17.8 Å². The summed E-state index contributed by atoms with van der Waals surface area (Å²) >= 11 is 0. The number of rotatable bonds is 2. The summed E-state index contributed by atoms with van der Waals surface area (Å²) in [4.78, 5) is 21.3. The second kappa shape index (κ2) is 6.75. The van der Waals surface area contributed by atoms with Gasteiger partial charge in [0.15, 0.2) is 0 Å². The molecule has 5 heteroatoms. The molecule has 1 amide bonds. The van der Waals surface area contributed by atoms with E-state index in [1.165, 1.54) is 0 Å². The molecule has 0 saturated carbocycles. The molecule has 0 N–H and O–H groups in total. The highest BCUT2D eigenvalue weighted by Crippen LogP contribution is 2.20. The first kappa shape index (κ1) is 15.4. The number of ether oxygens (including phenoxy) is 1. The second-order valence-electron chi connectivity index (χ2n) is 6.36. The molecule has 0 bridgehead atoms. The van der Waals surface area contributed by atoms with Gasteiger partial charge in [0, 0.05) is 37.9 Å². The van der Waals surface area contributed by atoms with E-state index in [9.17, 15) is 4.79 Å². The average Bonchev–Trinajstić information content (AvgIpc) is 2.54. The van der Waals surface area contributed by atoms with Crippen molar-refractivity contribution in [2.24, 2.45) is 0 Å². The van der Waals surface area contributed by atoms with Crippen LogP contribution in [0.15, 0.2) is 18.2 Å². The number of aromatic nitrogens is 1. The summed E-state index contributed by atoms with van der Waals surface area (Å²) in [6, 6.07) is 6.21. The van der Waals surface area contributed by atoms with Crippen molar-refractivity contribution in [1.29, 1.82) is 0 Å². The number of nitrogens with zero attached hydrogens (tertiary/aromatic N) is 3. The summed E-state index contributed by atoms with van der Waals surface area (Å²) in [5.74, 6) is 0.0671. The number of carbonyl (C=O) groups excluding carboxylic acids is 1. The molecule has 0 spiro atoms. The fourth-order valence-electron chi connectivity index (χ4n) is 3.44. The zero-order valence-corrected chi connectivity index (χ0v) is 13.5. The number of amides is 1. The van der Waals surface area contributed by atoms with E-state index in [4.69, 9.17) is 4.74 Å². The molecule has 2 saturated heterocycles. The number of piperidine rings is 1. The highest BCUT2D eigenvalue weighted by atomic mass is 16.5. The smallest absolute Gasteiger partial charge is 0.272 e. The Balaban J connectivity index is 1.56. The number of likely N-dealkylation sites (tertiary alicyclic amines) is 1. The van der Waals surface area contributed by atoms with E-state index in [0.717, 1.165) is 51.3 Å². The first-order chi connectivity index (χ1) is 10.6. The van der Waals surface area contributed by atoms with Crippen LogP contribution in [0.3, 0.4) is 0 Å². The Bertz CT molecular complexity index is 526. The van der Waals surface area contributed by atoms with Crippen LogP contribution in [0.4, 0.5) is 0 Å². The minimum atomic E-state index is 0.0671. The summed E-state index contributed by atoms with van der Waals surface area (Å²) < 4.78 is 5.61. The number of morpholine rings is 1. The van der Waals surface area contributed by atoms with Gasteiger partial charge in [0.1, 0.15) is 5.69 Å². The fraction of sp³-hybridized carbons (Fsp3) is 0.647. The van der Waals surface area contributed by atoms with Crippen LogP contribution in [0, 0.1) is 6.92 Å². The molecule has 3 rings (SSSR count). The van der Waals surface area contributed by atoms with Gasteiger partial charge in [-0.1, -0.05) is 6.07 Å². The number of carbonyl (C=O) groups is 1. The summed E-state index contributed by atoms with van der Waals surface area (Å²) in [5.41, 5.74) is 1.46. The van der Waals surface area contributed by atoms with Crippen molar-refractivity contribution in [3.63, 3.8) is 0 Å². The van der Waals surface area contributed by atoms with Gasteiger partial charge in [-0.2, -0.15) is 0 Å². The van der Waals surface area contributed by atoms with Crippen molar-refractivity contribution >= 4 is 5.91 Å². The Morgan fingerprint density at radius 3 is 2.73 bits per heavy atom. The predicted molar refractivity (Wildman–Crippen MR) is 84.9 cm³/mol. The van der Waals surface area contributed by atoms with Crippen molar-refractivity contribution in [3.8, 4) is 0 Å². The quantitative estimate of drug-likeness (QED) is 0.834. The second-order valence-corrected chi connectivity index (χ2v) is 6.36. The third kappa shape index (κ3) is 3.47. The number of hydrogen-bond donors (Lipinski definition) is 0. The van der Waals surface area contributed by atoms with Crippen LogP contribution >= 0.6 is 0 Å². The number of aryl methyl sites for hydroxylation is 1. The molecule has 0 aliphatic carbocycles. The molecule has 1 aromatic heterocycles. The lowest BCUT2D eigenvalue weighted by Gasteiger charge is -2.41. The van der Waals surface area contributed by atoms with Crippen LogP contribution in [0.2, 0.25) is 0 Å². The summed E-state index contributed by atoms with van der Waals surface area (Å²) in [6.45, 7) is 8.56. The Morgan fingerprint density at radius 2 is 2.05 bits per heavy atom. The monoisotopic (exact) mass is 303 g/mol. The highest BCUT2D eigenvalue weighted by molar-refractivity contribution is 5.92. The van der Waals surface area contributed by atoms with Gasteiger partial charge in [0.05, 0.1) is 12.7 Å². The molecule has 5 nitrogen and oxygen atoms in total. The zero-order chi connectivity index (χ0) is 15.5. The van der Waals surface area contributed by atoms with Crippen molar-refractivity contribution < 1.29 is 9.53 Å². The molecule has 0 unspecified atom stereocenters. The fourth-order valence-corrected chi connectivity index (χ4v) is 3.44. The molecule has 2 fully saturated rings. The van der Waals surface area contributed by atoms with Crippen LogP contribution < -0.4 is 0 Å². The maximum absolute atomic E-state index is 12.5. The van der Waals surface area contributed by atoms with Gasteiger partial charge < -0.3 is 9.64 Å². The molecule has 0 radical (unpaired) electrons. The molecular formula is C17H25N3O2. The van der Waals surface area contributed by atoms with E-state index >= 15 is 0 Å². The van der Waals surface area contributed by atoms with E-state index in [-0.39, 0.29) is 5.91 Å². The molecule has 2 aliphatic heterocycles. The Hall–Kier alpha value is -1.46. The predicted octanol–water partition coefficient (Wildman–Crippen LogP) is 1.72. The van der Waals surface area contributed by atoms with E-state index < -0.39 is 0 Å². The third-order valence-corrected chi connectivity index (χ3v) is 4.65. The Labute approximate surface area is 132 Å². The van der Waals surface area contributed by atoms with Gasteiger partial charge in [-0.15, -0.1) is 0 Å². The topological polar surface area (TPSA) is 45.7 Å². The molecule has 22 heavy (non-hydrogen) atoms. The number of pyridine rings is 1. The summed E-state index contributed by atoms with van der Waals surface area (Å²) in [6.07, 6.45) is 2.42. The Morgan fingerprint density at radius 1 is 1.27 bits per heavy atom. The molecule has 1 atom stereocenters. The lowest BCUT2D eigenvalue weighted by atomic mass is 10.0. The van der Waals surface area contributed by atoms with Crippen LogP contribution in [0.5, 0.6) is 0 Å².